The first-order chi connectivity index (χ1) is 7.77. The van der Waals surface area contributed by atoms with Gasteiger partial charge in [-0.1, -0.05) is 6.08 Å². The number of hydrogen-bond acceptors (Lipinski definition) is 3. The Morgan fingerprint density at radius 2 is 2.25 bits per heavy atom. The van der Waals surface area contributed by atoms with E-state index in [-0.39, 0.29) is 5.91 Å². The highest BCUT2D eigenvalue weighted by Gasteiger charge is 2.20. The number of carbonyl (C=O) groups excluding carboxylic acids is 1. The fourth-order valence-corrected chi connectivity index (χ4v) is 1.87. The van der Waals surface area contributed by atoms with Gasteiger partial charge in [0.05, 0.1) is 13.2 Å². The number of carbonyl (C=O) groups is 1. The van der Waals surface area contributed by atoms with Crippen LogP contribution in [0.25, 0.3) is 0 Å². The second-order valence-electron chi connectivity index (χ2n) is 4.12. The zero-order chi connectivity index (χ0) is 11.8. The van der Waals surface area contributed by atoms with Crippen molar-refractivity contribution in [1.29, 1.82) is 0 Å². The highest BCUT2D eigenvalue weighted by atomic mass is 16.5. The molecule has 1 amide bonds. The fraction of sp³-hybridized carbons (Fsp3) is 0.750. The molecular formula is C12H22N2O2. The molecule has 1 aliphatic rings. The standard InChI is InChI=1S/C12H22N2O2/c1-3-11-4-7-14(8-5-11)12(15)10-13-6-9-16-2/h3,11,13H,1,4-10H2,2H3. The van der Waals surface area contributed by atoms with E-state index in [1.807, 2.05) is 11.0 Å². The predicted molar refractivity (Wildman–Crippen MR) is 64.2 cm³/mol. The molecule has 0 unspecified atom stereocenters. The number of allylic oxidation sites excluding steroid dienone is 1. The van der Waals surface area contributed by atoms with Crippen molar-refractivity contribution >= 4 is 5.91 Å². The zero-order valence-corrected chi connectivity index (χ0v) is 10.1. The summed E-state index contributed by atoms with van der Waals surface area (Å²) in [6.45, 7) is 7.31. The minimum Gasteiger partial charge on any atom is -0.383 e. The van der Waals surface area contributed by atoms with Crippen LogP contribution in [0.15, 0.2) is 12.7 Å². The van der Waals surface area contributed by atoms with Crippen molar-refractivity contribution in [3.05, 3.63) is 12.7 Å². The Morgan fingerprint density at radius 3 is 2.81 bits per heavy atom. The minimum atomic E-state index is 0.193. The van der Waals surface area contributed by atoms with Gasteiger partial charge in [-0.3, -0.25) is 4.79 Å². The number of hydrogen-bond donors (Lipinski definition) is 1. The monoisotopic (exact) mass is 226 g/mol. The van der Waals surface area contributed by atoms with Gasteiger partial charge in [0.25, 0.3) is 0 Å². The summed E-state index contributed by atoms with van der Waals surface area (Å²) in [5.41, 5.74) is 0. The number of likely N-dealkylation sites (tertiary alicyclic amines) is 1. The van der Waals surface area contributed by atoms with Crippen LogP contribution in [0, 0.1) is 5.92 Å². The van der Waals surface area contributed by atoms with Crippen LogP contribution in [-0.4, -0.2) is 50.7 Å². The highest BCUT2D eigenvalue weighted by Crippen LogP contribution is 2.17. The lowest BCUT2D eigenvalue weighted by Crippen LogP contribution is -2.43. The van der Waals surface area contributed by atoms with E-state index < -0.39 is 0 Å². The van der Waals surface area contributed by atoms with Crippen LogP contribution in [0.4, 0.5) is 0 Å². The van der Waals surface area contributed by atoms with E-state index in [9.17, 15) is 4.79 Å². The van der Waals surface area contributed by atoms with Crippen LogP contribution in [-0.2, 0) is 9.53 Å². The molecule has 0 aliphatic carbocycles. The van der Waals surface area contributed by atoms with Crippen LogP contribution in [0.2, 0.25) is 0 Å². The highest BCUT2D eigenvalue weighted by molar-refractivity contribution is 5.78. The molecule has 1 aliphatic heterocycles. The van der Waals surface area contributed by atoms with Crippen molar-refractivity contribution < 1.29 is 9.53 Å². The molecule has 0 radical (unpaired) electrons. The van der Waals surface area contributed by atoms with Gasteiger partial charge in [-0.2, -0.15) is 0 Å². The zero-order valence-electron chi connectivity index (χ0n) is 10.1. The number of methoxy groups -OCH3 is 1. The molecule has 92 valence electrons. The summed E-state index contributed by atoms with van der Waals surface area (Å²) in [7, 11) is 1.66. The molecular weight excluding hydrogens is 204 g/mol. The number of nitrogens with one attached hydrogen (secondary N) is 1. The van der Waals surface area contributed by atoms with Crippen LogP contribution in [0.3, 0.4) is 0 Å². The molecule has 0 atom stereocenters. The number of piperidine rings is 1. The molecule has 4 heteroatoms. The second kappa shape index (κ2) is 7.41. The number of rotatable bonds is 6. The molecule has 0 aromatic carbocycles. The van der Waals surface area contributed by atoms with Gasteiger partial charge in [0.1, 0.15) is 0 Å². The van der Waals surface area contributed by atoms with E-state index in [1.54, 1.807) is 7.11 Å². The molecule has 0 spiro atoms. The van der Waals surface area contributed by atoms with E-state index in [1.165, 1.54) is 0 Å². The molecule has 0 bridgehead atoms. The Balaban J connectivity index is 2.15. The number of amides is 1. The summed E-state index contributed by atoms with van der Waals surface area (Å²) < 4.78 is 4.90. The quantitative estimate of drug-likeness (QED) is 0.534. The second-order valence-corrected chi connectivity index (χ2v) is 4.12. The van der Waals surface area contributed by atoms with Gasteiger partial charge in [-0.05, 0) is 18.8 Å². The molecule has 0 saturated carbocycles. The fourth-order valence-electron chi connectivity index (χ4n) is 1.87. The molecule has 4 nitrogen and oxygen atoms in total. The maximum atomic E-state index is 11.8. The van der Waals surface area contributed by atoms with E-state index >= 15 is 0 Å². The third kappa shape index (κ3) is 4.33. The lowest BCUT2D eigenvalue weighted by Gasteiger charge is -2.30. The largest absolute Gasteiger partial charge is 0.383 e. The molecule has 1 fully saturated rings. The maximum Gasteiger partial charge on any atom is 0.236 e. The first-order valence-electron chi connectivity index (χ1n) is 5.88. The summed E-state index contributed by atoms with van der Waals surface area (Å²) in [5.74, 6) is 0.782. The van der Waals surface area contributed by atoms with Crippen LogP contribution in [0.5, 0.6) is 0 Å². The molecule has 0 aromatic heterocycles. The molecule has 0 aromatic rings. The Kier molecular flexibility index (Phi) is 6.11. The van der Waals surface area contributed by atoms with E-state index in [0.29, 0.717) is 19.1 Å². The maximum absolute atomic E-state index is 11.8. The summed E-state index contributed by atoms with van der Waals surface area (Å²) >= 11 is 0. The summed E-state index contributed by atoms with van der Waals surface area (Å²) in [6.07, 6.45) is 4.10. The molecule has 1 saturated heterocycles. The van der Waals surface area contributed by atoms with Crippen molar-refractivity contribution in [1.82, 2.24) is 10.2 Å². The smallest absolute Gasteiger partial charge is 0.236 e. The summed E-state index contributed by atoms with van der Waals surface area (Å²) in [5, 5.41) is 3.07. The van der Waals surface area contributed by atoms with Gasteiger partial charge >= 0.3 is 0 Å². The number of nitrogens with zero attached hydrogens (tertiary/aromatic N) is 1. The van der Waals surface area contributed by atoms with Gasteiger partial charge in [0, 0.05) is 26.7 Å². The normalized spacial score (nSPS) is 17.4. The topological polar surface area (TPSA) is 41.6 Å². The van der Waals surface area contributed by atoms with Crippen LogP contribution in [0.1, 0.15) is 12.8 Å². The predicted octanol–water partition coefficient (Wildman–Crippen LogP) is 0.647. The van der Waals surface area contributed by atoms with Crippen LogP contribution >= 0.6 is 0 Å². The van der Waals surface area contributed by atoms with Crippen molar-refractivity contribution in [2.24, 2.45) is 5.92 Å². The molecule has 1 N–H and O–H groups in total. The van der Waals surface area contributed by atoms with Crippen molar-refractivity contribution in [3.8, 4) is 0 Å². The first kappa shape index (κ1) is 13.2. The Bertz CT molecular complexity index is 223. The number of ether oxygens (including phenoxy) is 1. The lowest BCUT2D eigenvalue weighted by atomic mass is 9.97. The van der Waals surface area contributed by atoms with Gasteiger partial charge in [0.2, 0.25) is 5.91 Å². The summed E-state index contributed by atoms with van der Waals surface area (Å²) in [6, 6.07) is 0. The average molecular weight is 226 g/mol. The van der Waals surface area contributed by atoms with Crippen LogP contribution < -0.4 is 5.32 Å². The Labute approximate surface area is 97.6 Å². The Hall–Kier alpha value is -0.870. The lowest BCUT2D eigenvalue weighted by molar-refractivity contribution is -0.131. The molecule has 1 rings (SSSR count). The molecule has 16 heavy (non-hydrogen) atoms. The van der Waals surface area contributed by atoms with Gasteiger partial charge in [-0.15, -0.1) is 6.58 Å². The first-order valence-corrected chi connectivity index (χ1v) is 5.88. The molecule has 1 heterocycles. The van der Waals surface area contributed by atoms with E-state index in [4.69, 9.17) is 4.74 Å². The SMILES string of the molecule is C=CC1CCN(C(=O)CNCCOC)CC1. The van der Waals surface area contributed by atoms with E-state index in [2.05, 4.69) is 11.9 Å². The average Bonchev–Trinajstić information content (AvgIpc) is 2.34. The van der Waals surface area contributed by atoms with E-state index in [0.717, 1.165) is 32.5 Å². The van der Waals surface area contributed by atoms with Crippen molar-refractivity contribution in [2.45, 2.75) is 12.8 Å². The van der Waals surface area contributed by atoms with Crippen molar-refractivity contribution in [2.75, 3.05) is 39.9 Å². The Morgan fingerprint density at radius 1 is 1.56 bits per heavy atom. The van der Waals surface area contributed by atoms with Gasteiger partial charge in [-0.25, -0.2) is 0 Å². The minimum absolute atomic E-state index is 0.193. The van der Waals surface area contributed by atoms with Gasteiger partial charge < -0.3 is 15.0 Å². The third-order valence-electron chi connectivity index (χ3n) is 2.98. The van der Waals surface area contributed by atoms with Crippen molar-refractivity contribution in [3.63, 3.8) is 0 Å². The summed E-state index contributed by atoms with van der Waals surface area (Å²) in [4.78, 5) is 13.7. The van der Waals surface area contributed by atoms with Gasteiger partial charge in [0.15, 0.2) is 0 Å². The third-order valence-corrected chi connectivity index (χ3v) is 2.98.